The van der Waals surface area contributed by atoms with Crippen molar-refractivity contribution in [2.24, 2.45) is 0 Å². The fourth-order valence-corrected chi connectivity index (χ4v) is 2.51. The molecule has 0 radical (unpaired) electrons. The molecule has 25 heavy (non-hydrogen) atoms. The van der Waals surface area contributed by atoms with Gasteiger partial charge in [-0.1, -0.05) is 10.1 Å². The van der Waals surface area contributed by atoms with Gasteiger partial charge in [0.25, 0.3) is 0 Å². The van der Waals surface area contributed by atoms with E-state index in [0.29, 0.717) is 4.68 Å². The topological polar surface area (TPSA) is 182 Å². The number of aromatic nitrogens is 5. The second-order valence-electron chi connectivity index (χ2n) is 5.22. The lowest BCUT2D eigenvalue weighted by Crippen LogP contribution is -2.37. The van der Waals surface area contributed by atoms with Crippen molar-refractivity contribution in [1.82, 2.24) is 24.9 Å². The molecule has 1 aliphatic rings. The summed E-state index contributed by atoms with van der Waals surface area (Å²) in [5, 5.41) is 49.3. The number of aliphatic hydroxyl groups excluding tert-OH is 3. The number of rotatable bonds is 4. The van der Waals surface area contributed by atoms with E-state index in [-0.39, 0.29) is 17.0 Å². The molecule has 0 aliphatic carbocycles. The molecular formula is C12H15N5O8. The van der Waals surface area contributed by atoms with E-state index >= 15 is 0 Å². The zero-order chi connectivity index (χ0) is 18.3. The van der Waals surface area contributed by atoms with Gasteiger partial charge in [0.1, 0.15) is 18.3 Å². The van der Waals surface area contributed by atoms with Crippen molar-refractivity contribution < 1.29 is 34.8 Å². The van der Waals surface area contributed by atoms with E-state index in [1.807, 2.05) is 0 Å². The molecule has 3 heterocycles. The van der Waals surface area contributed by atoms with Crippen molar-refractivity contribution in [2.75, 3.05) is 13.2 Å². The van der Waals surface area contributed by atoms with Gasteiger partial charge in [-0.05, 0) is 6.92 Å². The van der Waals surface area contributed by atoms with Gasteiger partial charge in [-0.25, -0.2) is 4.79 Å². The van der Waals surface area contributed by atoms with E-state index in [9.17, 15) is 25.0 Å². The van der Waals surface area contributed by atoms with Gasteiger partial charge >= 0.3 is 11.5 Å². The van der Waals surface area contributed by atoms with Gasteiger partial charge in [0.2, 0.25) is 5.69 Å². The molecule has 4 atom stereocenters. The molecule has 1 aliphatic heterocycles. The average Bonchev–Trinajstić information content (AvgIpc) is 3.07. The molecule has 4 N–H and O–H groups in total. The third-order valence-electron chi connectivity index (χ3n) is 3.72. The SMILES string of the molecule is CCOC(=O)c1nn(O)c2c(=O)n(C3OC(CO)C(O)C3O)nnc12. The van der Waals surface area contributed by atoms with Gasteiger partial charge in [0.05, 0.1) is 13.2 Å². The fraction of sp³-hybridized carbons (Fsp3) is 0.583. The Morgan fingerprint density at radius 3 is 2.68 bits per heavy atom. The van der Waals surface area contributed by atoms with E-state index in [2.05, 4.69) is 15.4 Å². The van der Waals surface area contributed by atoms with Gasteiger partial charge in [0.15, 0.2) is 17.3 Å². The summed E-state index contributed by atoms with van der Waals surface area (Å²) in [4.78, 5) is 24.5. The van der Waals surface area contributed by atoms with Crippen LogP contribution in [0.4, 0.5) is 0 Å². The van der Waals surface area contributed by atoms with Crippen LogP contribution in [0.3, 0.4) is 0 Å². The lowest BCUT2D eigenvalue weighted by molar-refractivity contribution is -0.0620. The Morgan fingerprint density at radius 1 is 1.36 bits per heavy atom. The highest BCUT2D eigenvalue weighted by Crippen LogP contribution is 2.27. The number of aliphatic hydroxyl groups is 3. The Hall–Kier alpha value is -2.61. The molecule has 4 unspecified atom stereocenters. The molecule has 13 heteroatoms. The maximum Gasteiger partial charge on any atom is 0.361 e. The molecule has 136 valence electrons. The zero-order valence-electron chi connectivity index (χ0n) is 12.9. The van der Waals surface area contributed by atoms with Crippen molar-refractivity contribution in [3.63, 3.8) is 0 Å². The number of carbonyl (C=O) groups is 1. The monoisotopic (exact) mass is 357 g/mol. The van der Waals surface area contributed by atoms with Gasteiger partial charge in [0, 0.05) is 0 Å². The second-order valence-corrected chi connectivity index (χ2v) is 5.22. The van der Waals surface area contributed by atoms with Crippen LogP contribution in [0.2, 0.25) is 0 Å². The molecule has 0 aromatic carbocycles. The first kappa shape index (κ1) is 17.2. The van der Waals surface area contributed by atoms with Crippen molar-refractivity contribution in [1.29, 1.82) is 0 Å². The highest BCUT2D eigenvalue weighted by Gasteiger charge is 2.45. The lowest BCUT2D eigenvalue weighted by Gasteiger charge is -2.15. The van der Waals surface area contributed by atoms with Crippen LogP contribution in [0.5, 0.6) is 0 Å². The average molecular weight is 357 g/mol. The first-order valence-electron chi connectivity index (χ1n) is 7.27. The Bertz CT molecular complexity index is 863. The normalized spacial score (nSPS) is 26.2. The predicted octanol–water partition coefficient (Wildman–Crippen LogP) is -2.99. The van der Waals surface area contributed by atoms with Crippen LogP contribution in [-0.2, 0) is 9.47 Å². The van der Waals surface area contributed by atoms with Gasteiger partial charge in [-0.15, -0.1) is 10.2 Å². The number of hydrogen-bond donors (Lipinski definition) is 4. The van der Waals surface area contributed by atoms with Crippen molar-refractivity contribution in [3.8, 4) is 0 Å². The Morgan fingerprint density at radius 2 is 2.08 bits per heavy atom. The molecule has 0 bridgehead atoms. The zero-order valence-corrected chi connectivity index (χ0v) is 12.9. The summed E-state index contributed by atoms with van der Waals surface area (Å²) in [6.45, 7) is 1.02. The minimum Gasteiger partial charge on any atom is -0.461 e. The molecule has 0 spiro atoms. The summed E-state index contributed by atoms with van der Waals surface area (Å²) in [6.07, 6.45) is -5.59. The standard InChI is InChI=1S/C12H15N5O8/c1-2-24-12(22)6-5-7(17(23)14-6)10(21)16(15-13-5)11-9(20)8(19)4(3-18)25-11/h4,8-9,11,18-20,23H,2-3H2,1H3. The second kappa shape index (κ2) is 6.36. The summed E-state index contributed by atoms with van der Waals surface area (Å²) in [5.41, 5.74) is -2.17. The maximum absolute atomic E-state index is 12.5. The van der Waals surface area contributed by atoms with Crippen LogP contribution >= 0.6 is 0 Å². The molecule has 3 rings (SSSR count). The summed E-state index contributed by atoms with van der Waals surface area (Å²) < 4.78 is 10.5. The highest BCUT2D eigenvalue weighted by atomic mass is 16.6. The van der Waals surface area contributed by atoms with Crippen molar-refractivity contribution in [3.05, 3.63) is 16.0 Å². The van der Waals surface area contributed by atoms with E-state index in [4.69, 9.17) is 14.6 Å². The Labute approximate surface area is 138 Å². The number of fused-ring (bicyclic) bond motifs is 1. The molecule has 2 aromatic heterocycles. The third-order valence-corrected chi connectivity index (χ3v) is 3.72. The van der Waals surface area contributed by atoms with Crippen LogP contribution in [0, 0.1) is 0 Å². The van der Waals surface area contributed by atoms with Crippen molar-refractivity contribution in [2.45, 2.75) is 31.5 Å². The van der Waals surface area contributed by atoms with Crippen molar-refractivity contribution >= 4 is 17.0 Å². The summed E-state index contributed by atoms with van der Waals surface area (Å²) in [7, 11) is 0. The predicted molar refractivity (Wildman–Crippen MR) is 75.7 cm³/mol. The van der Waals surface area contributed by atoms with Gasteiger partial charge in [-0.3, -0.25) is 4.79 Å². The van der Waals surface area contributed by atoms with Crippen LogP contribution in [0.1, 0.15) is 23.6 Å². The minimum absolute atomic E-state index is 0.0473. The molecule has 0 amide bonds. The largest absolute Gasteiger partial charge is 0.461 e. The summed E-state index contributed by atoms with van der Waals surface area (Å²) >= 11 is 0. The van der Waals surface area contributed by atoms with Crippen LogP contribution in [0.15, 0.2) is 4.79 Å². The smallest absolute Gasteiger partial charge is 0.361 e. The highest BCUT2D eigenvalue weighted by molar-refractivity contribution is 5.99. The van der Waals surface area contributed by atoms with E-state index in [0.717, 1.165) is 0 Å². The van der Waals surface area contributed by atoms with Gasteiger partial charge in [-0.2, -0.15) is 4.68 Å². The number of nitrogens with zero attached hydrogens (tertiary/aromatic N) is 5. The minimum atomic E-state index is -1.57. The molecular weight excluding hydrogens is 342 g/mol. The first-order chi connectivity index (χ1) is 11.9. The quantitative estimate of drug-likeness (QED) is 0.323. The van der Waals surface area contributed by atoms with E-state index in [1.54, 1.807) is 6.92 Å². The Kier molecular flexibility index (Phi) is 4.38. The first-order valence-corrected chi connectivity index (χ1v) is 7.27. The van der Waals surface area contributed by atoms with Crippen LogP contribution in [0.25, 0.3) is 11.0 Å². The van der Waals surface area contributed by atoms with Crippen LogP contribution in [-0.4, -0.2) is 83.0 Å². The van der Waals surface area contributed by atoms with Crippen LogP contribution < -0.4 is 5.56 Å². The maximum atomic E-state index is 12.5. The molecule has 2 aromatic rings. The number of ether oxygens (including phenoxy) is 2. The molecule has 1 fully saturated rings. The molecule has 13 nitrogen and oxygen atoms in total. The van der Waals surface area contributed by atoms with E-state index < -0.39 is 53.9 Å². The Balaban J connectivity index is 2.09. The lowest BCUT2D eigenvalue weighted by atomic mass is 10.1. The molecule has 1 saturated heterocycles. The molecule has 0 saturated carbocycles. The number of carbonyl (C=O) groups excluding carboxylic acids is 1. The number of esters is 1. The fourth-order valence-electron chi connectivity index (χ4n) is 2.51. The third kappa shape index (κ3) is 2.62. The summed E-state index contributed by atoms with van der Waals surface area (Å²) in [5.74, 6) is -0.903. The summed E-state index contributed by atoms with van der Waals surface area (Å²) in [6, 6.07) is 0. The number of hydrogen-bond acceptors (Lipinski definition) is 11. The van der Waals surface area contributed by atoms with Gasteiger partial charge < -0.3 is 30.0 Å². The van der Waals surface area contributed by atoms with E-state index in [1.165, 1.54) is 0 Å².